The van der Waals surface area contributed by atoms with Gasteiger partial charge in [0.2, 0.25) is 10.0 Å². The Morgan fingerprint density at radius 1 is 1.16 bits per heavy atom. The largest absolute Gasteiger partial charge is 0.348 e. The van der Waals surface area contributed by atoms with Crippen LogP contribution >= 0.6 is 11.6 Å². The number of hydrogen-bond donors (Lipinski definition) is 2. The van der Waals surface area contributed by atoms with Gasteiger partial charge in [-0.15, -0.1) is 0 Å². The highest BCUT2D eigenvalue weighted by atomic mass is 35.5. The number of amides is 1. The van der Waals surface area contributed by atoms with Crippen molar-refractivity contribution in [3.05, 3.63) is 64.7 Å². The van der Waals surface area contributed by atoms with Gasteiger partial charge in [0.25, 0.3) is 5.91 Å². The third-order valence-electron chi connectivity index (χ3n) is 3.77. The third-order valence-corrected chi connectivity index (χ3v) is 5.73. The Morgan fingerprint density at radius 3 is 2.56 bits per heavy atom. The minimum atomic E-state index is -3.65. The van der Waals surface area contributed by atoms with Gasteiger partial charge in [-0.3, -0.25) is 4.79 Å². The first-order valence-corrected chi connectivity index (χ1v) is 9.83. The van der Waals surface area contributed by atoms with Crippen molar-refractivity contribution in [1.82, 2.24) is 10.0 Å². The molecule has 25 heavy (non-hydrogen) atoms. The van der Waals surface area contributed by atoms with Crippen molar-refractivity contribution in [2.45, 2.75) is 37.8 Å². The van der Waals surface area contributed by atoms with E-state index in [1.807, 2.05) is 25.1 Å². The molecule has 0 heterocycles. The van der Waals surface area contributed by atoms with Crippen LogP contribution in [0.2, 0.25) is 5.02 Å². The van der Waals surface area contributed by atoms with Gasteiger partial charge in [-0.05, 0) is 43.2 Å². The van der Waals surface area contributed by atoms with E-state index >= 15 is 0 Å². The van der Waals surface area contributed by atoms with Crippen LogP contribution in [-0.4, -0.2) is 20.4 Å². The van der Waals surface area contributed by atoms with Gasteiger partial charge in [-0.1, -0.05) is 42.8 Å². The van der Waals surface area contributed by atoms with E-state index in [0.717, 1.165) is 5.56 Å². The van der Waals surface area contributed by atoms with Crippen LogP contribution in [0.3, 0.4) is 0 Å². The van der Waals surface area contributed by atoms with Crippen molar-refractivity contribution in [3.8, 4) is 0 Å². The summed E-state index contributed by atoms with van der Waals surface area (Å²) in [6.45, 7) is 3.95. The lowest BCUT2D eigenvalue weighted by atomic mass is 10.2. The van der Waals surface area contributed by atoms with Gasteiger partial charge in [-0.25, -0.2) is 13.1 Å². The summed E-state index contributed by atoms with van der Waals surface area (Å²) in [5.41, 5.74) is 1.07. The highest BCUT2D eigenvalue weighted by Gasteiger charge is 2.18. The van der Waals surface area contributed by atoms with E-state index < -0.39 is 10.0 Å². The molecule has 2 aromatic rings. The Morgan fingerprint density at radius 2 is 1.88 bits per heavy atom. The first-order chi connectivity index (χ1) is 11.8. The summed E-state index contributed by atoms with van der Waals surface area (Å²) in [4.78, 5) is 12.4. The average molecular weight is 381 g/mol. The minimum absolute atomic E-state index is 0.0678. The molecule has 2 aromatic carbocycles. The number of sulfonamides is 1. The second-order valence-electron chi connectivity index (χ2n) is 5.73. The maximum Gasteiger partial charge on any atom is 0.251 e. The average Bonchev–Trinajstić information content (AvgIpc) is 2.60. The van der Waals surface area contributed by atoms with Crippen LogP contribution in [0.4, 0.5) is 0 Å². The highest BCUT2D eigenvalue weighted by Crippen LogP contribution is 2.16. The Bertz CT molecular complexity index is 853. The zero-order valence-corrected chi connectivity index (χ0v) is 15.7. The first-order valence-electron chi connectivity index (χ1n) is 7.97. The second kappa shape index (κ2) is 8.47. The molecule has 7 heteroatoms. The molecule has 2 N–H and O–H groups in total. The van der Waals surface area contributed by atoms with Gasteiger partial charge in [-0.2, -0.15) is 0 Å². The van der Waals surface area contributed by atoms with Crippen molar-refractivity contribution in [2.24, 2.45) is 0 Å². The zero-order chi connectivity index (χ0) is 18.4. The number of carbonyl (C=O) groups excluding carboxylic acids is 1. The molecular formula is C18H21ClN2O3S. The maximum absolute atomic E-state index is 12.3. The van der Waals surface area contributed by atoms with Gasteiger partial charge in [0.1, 0.15) is 0 Å². The quantitative estimate of drug-likeness (QED) is 0.773. The van der Waals surface area contributed by atoms with Gasteiger partial charge in [0, 0.05) is 23.2 Å². The molecule has 1 atom stereocenters. The molecule has 0 aliphatic rings. The molecular weight excluding hydrogens is 360 g/mol. The van der Waals surface area contributed by atoms with Gasteiger partial charge in [0.05, 0.1) is 4.90 Å². The van der Waals surface area contributed by atoms with E-state index in [1.165, 1.54) is 12.1 Å². The number of halogens is 1. The summed E-state index contributed by atoms with van der Waals surface area (Å²) in [5.74, 6) is -0.361. The SMILES string of the molecule is CCC(C)NS(=O)(=O)c1cccc(C(=O)NCc2ccccc2Cl)c1. The molecule has 0 aliphatic heterocycles. The Labute approximate surface area is 153 Å². The monoisotopic (exact) mass is 380 g/mol. The predicted octanol–water partition coefficient (Wildman–Crippen LogP) is 3.35. The fourth-order valence-corrected chi connectivity index (χ4v) is 3.71. The third kappa shape index (κ3) is 5.29. The molecule has 0 saturated carbocycles. The summed E-state index contributed by atoms with van der Waals surface area (Å²) in [6.07, 6.45) is 0.678. The van der Waals surface area contributed by atoms with Crippen molar-refractivity contribution in [1.29, 1.82) is 0 Å². The van der Waals surface area contributed by atoms with Crippen molar-refractivity contribution in [2.75, 3.05) is 0 Å². The molecule has 0 bridgehead atoms. The first kappa shape index (κ1) is 19.4. The van der Waals surface area contributed by atoms with Crippen molar-refractivity contribution >= 4 is 27.5 Å². The number of hydrogen-bond acceptors (Lipinski definition) is 3. The van der Waals surface area contributed by atoms with E-state index in [2.05, 4.69) is 10.0 Å². The van der Waals surface area contributed by atoms with Gasteiger partial charge >= 0.3 is 0 Å². The summed E-state index contributed by atoms with van der Waals surface area (Å²) < 4.78 is 27.3. The van der Waals surface area contributed by atoms with Gasteiger partial charge in [0.15, 0.2) is 0 Å². The fraction of sp³-hybridized carbons (Fsp3) is 0.278. The fourth-order valence-electron chi connectivity index (χ4n) is 2.14. The molecule has 0 aromatic heterocycles. The van der Waals surface area contributed by atoms with E-state index in [4.69, 9.17) is 11.6 Å². The lowest BCUT2D eigenvalue weighted by molar-refractivity contribution is 0.0950. The van der Waals surface area contributed by atoms with E-state index in [9.17, 15) is 13.2 Å². The summed E-state index contributed by atoms with van der Waals surface area (Å²) in [7, 11) is -3.65. The number of nitrogens with one attached hydrogen (secondary N) is 2. The molecule has 0 radical (unpaired) electrons. The molecule has 1 amide bonds. The molecule has 0 saturated heterocycles. The van der Waals surface area contributed by atoms with Crippen LogP contribution in [0.1, 0.15) is 36.2 Å². The summed E-state index contributed by atoms with van der Waals surface area (Å²) >= 11 is 6.06. The summed E-state index contributed by atoms with van der Waals surface area (Å²) in [6, 6.07) is 13.0. The number of benzene rings is 2. The van der Waals surface area contributed by atoms with Crippen molar-refractivity contribution < 1.29 is 13.2 Å². The Kier molecular flexibility index (Phi) is 6.58. The molecule has 0 fully saturated rings. The smallest absolute Gasteiger partial charge is 0.251 e. The topological polar surface area (TPSA) is 75.3 Å². The lowest BCUT2D eigenvalue weighted by Gasteiger charge is -2.13. The zero-order valence-electron chi connectivity index (χ0n) is 14.1. The molecule has 0 spiro atoms. The molecule has 2 rings (SSSR count). The summed E-state index contributed by atoms with van der Waals surface area (Å²) in [5, 5.41) is 3.31. The Balaban J connectivity index is 2.12. The normalized spacial score (nSPS) is 12.6. The lowest BCUT2D eigenvalue weighted by Crippen LogP contribution is -2.32. The standard InChI is InChI=1S/C18H21ClN2O3S/c1-3-13(2)21-25(23,24)16-9-6-8-14(11-16)18(22)20-12-15-7-4-5-10-17(15)19/h4-11,13,21H,3,12H2,1-2H3,(H,20,22). The van der Waals surface area contributed by atoms with Crippen LogP contribution in [0.5, 0.6) is 0 Å². The van der Waals surface area contributed by atoms with Crippen LogP contribution in [0.15, 0.2) is 53.4 Å². The molecule has 1 unspecified atom stereocenters. The second-order valence-corrected chi connectivity index (χ2v) is 7.85. The highest BCUT2D eigenvalue weighted by molar-refractivity contribution is 7.89. The van der Waals surface area contributed by atoms with Crippen LogP contribution in [0, 0.1) is 0 Å². The van der Waals surface area contributed by atoms with Gasteiger partial charge < -0.3 is 5.32 Å². The minimum Gasteiger partial charge on any atom is -0.348 e. The molecule has 0 aliphatic carbocycles. The maximum atomic E-state index is 12.3. The van der Waals surface area contributed by atoms with Crippen LogP contribution < -0.4 is 10.0 Å². The van der Waals surface area contributed by atoms with Crippen LogP contribution in [-0.2, 0) is 16.6 Å². The number of rotatable bonds is 7. The van der Waals surface area contributed by atoms with Crippen LogP contribution in [0.25, 0.3) is 0 Å². The Hall–Kier alpha value is -1.89. The van der Waals surface area contributed by atoms with E-state index in [0.29, 0.717) is 11.4 Å². The van der Waals surface area contributed by atoms with E-state index in [-0.39, 0.29) is 29.0 Å². The van der Waals surface area contributed by atoms with Crippen molar-refractivity contribution in [3.63, 3.8) is 0 Å². The predicted molar refractivity (Wildman–Crippen MR) is 99.1 cm³/mol. The molecule has 134 valence electrons. The molecule has 5 nitrogen and oxygen atoms in total. The number of carbonyl (C=O) groups is 1. The van der Waals surface area contributed by atoms with E-state index in [1.54, 1.807) is 25.1 Å².